The number of hydrogen-bond donors (Lipinski definition) is 1. The number of hydrogen-bond acceptors (Lipinski definition) is 1. The Morgan fingerprint density at radius 3 is 2.18 bits per heavy atom. The molecule has 1 nitrogen and oxygen atoms in total. The van der Waals surface area contributed by atoms with Gasteiger partial charge in [0, 0.05) is 6.54 Å². The van der Waals surface area contributed by atoms with Gasteiger partial charge in [-0.1, -0.05) is 66.7 Å². The Morgan fingerprint density at radius 1 is 1.00 bits per heavy atom. The van der Waals surface area contributed by atoms with E-state index in [9.17, 15) is 0 Å². The molecule has 2 atom stereocenters. The highest BCUT2D eigenvalue weighted by molar-refractivity contribution is 4.82. The molecule has 104 valence electrons. The number of unbranched alkanes of at least 4 members (excludes halogenated alkanes) is 2. The monoisotopic (exact) mass is 241 g/mol. The summed E-state index contributed by atoms with van der Waals surface area (Å²) in [6.45, 7) is 14.2. The Bertz CT molecular complexity index is 167. The molecule has 0 spiro atoms. The Kier molecular flexibility index (Phi) is 9.91. The first kappa shape index (κ1) is 17.0. The van der Waals surface area contributed by atoms with Gasteiger partial charge in [0.2, 0.25) is 0 Å². The molecule has 0 saturated carbocycles. The molecule has 0 bridgehead atoms. The molecular formula is C16H35N. The van der Waals surface area contributed by atoms with Crippen molar-refractivity contribution < 1.29 is 0 Å². The van der Waals surface area contributed by atoms with Crippen LogP contribution >= 0.6 is 0 Å². The third kappa shape index (κ3) is 6.45. The molecule has 17 heavy (non-hydrogen) atoms. The smallest absolute Gasteiger partial charge is 0.000771 e. The largest absolute Gasteiger partial charge is 0.316 e. The molecule has 0 radical (unpaired) electrons. The van der Waals surface area contributed by atoms with Crippen molar-refractivity contribution in [3.63, 3.8) is 0 Å². The normalized spacial score (nSPS) is 16.8. The van der Waals surface area contributed by atoms with Gasteiger partial charge in [0.05, 0.1) is 0 Å². The fraction of sp³-hybridized carbons (Fsp3) is 1.00. The zero-order valence-corrected chi connectivity index (χ0v) is 12.9. The van der Waals surface area contributed by atoms with Gasteiger partial charge in [0.25, 0.3) is 0 Å². The molecule has 1 heteroatoms. The summed E-state index contributed by atoms with van der Waals surface area (Å²) in [5, 5.41) is 3.68. The van der Waals surface area contributed by atoms with Gasteiger partial charge in [-0.05, 0) is 30.7 Å². The third-order valence-electron chi connectivity index (χ3n) is 4.41. The first-order chi connectivity index (χ1) is 8.14. The minimum absolute atomic E-state index is 0.497. The van der Waals surface area contributed by atoms with Crippen LogP contribution in [0.25, 0.3) is 0 Å². The summed E-state index contributed by atoms with van der Waals surface area (Å²) < 4.78 is 0. The van der Waals surface area contributed by atoms with Gasteiger partial charge in [-0.2, -0.15) is 0 Å². The Balaban J connectivity index is 4.06. The number of rotatable bonds is 11. The zero-order valence-electron chi connectivity index (χ0n) is 12.9. The average Bonchev–Trinajstić information content (AvgIpc) is 2.35. The van der Waals surface area contributed by atoms with Gasteiger partial charge in [-0.15, -0.1) is 0 Å². The van der Waals surface area contributed by atoms with Crippen molar-refractivity contribution in [2.45, 2.75) is 79.6 Å². The van der Waals surface area contributed by atoms with Crippen LogP contribution in [0, 0.1) is 11.3 Å². The van der Waals surface area contributed by atoms with Crippen molar-refractivity contribution in [2.75, 3.05) is 13.1 Å². The van der Waals surface area contributed by atoms with E-state index in [1.54, 1.807) is 0 Å². The molecule has 1 N–H and O–H groups in total. The number of nitrogens with one attached hydrogen (secondary N) is 1. The van der Waals surface area contributed by atoms with E-state index < -0.39 is 0 Å². The van der Waals surface area contributed by atoms with E-state index in [-0.39, 0.29) is 0 Å². The maximum atomic E-state index is 3.68. The minimum Gasteiger partial charge on any atom is -0.316 e. The summed E-state index contributed by atoms with van der Waals surface area (Å²) in [5.41, 5.74) is 0.497. The van der Waals surface area contributed by atoms with Crippen LogP contribution in [0.1, 0.15) is 79.6 Å². The van der Waals surface area contributed by atoms with E-state index in [4.69, 9.17) is 0 Å². The highest BCUT2D eigenvalue weighted by Crippen LogP contribution is 2.35. The van der Waals surface area contributed by atoms with Crippen LogP contribution in [0.15, 0.2) is 0 Å². The second-order valence-corrected chi connectivity index (χ2v) is 5.79. The topological polar surface area (TPSA) is 12.0 Å². The van der Waals surface area contributed by atoms with Crippen molar-refractivity contribution in [2.24, 2.45) is 11.3 Å². The summed E-state index contributed by atoms with van der Waals surface area (Å²) in [6.07, 6.45) is 9.35. The lowest BCUT2D eigenvalue weighted by Gasteiger charge is -2.37. The SMILES string of the molecule is CCCCCNCC(C)(CC)C(CC)CCC. The second kappa shape index (κ2) is 9.94. The van der Waals surface area contributed by atoms with Crippen LogP contribution in [0.3, 0.4) is 0 Å². The Hall–Kier alpha value is -0.0400. The second-order valence-electron chi connectivity index (χ2n) is 5.79. The quantitative estimate of drug-likeness (QED) is 0.501. The van der Waals surface area contributed by atoms with Crippen LogP contribution in [-0.4, -0.2) is 13.1 Å². The molecule has 0 saturated heterocycles. The highest BCUT2D eigenvalue weighted by Gasteiger charge is 2.29. The van der Waals surface area contributed by atoms with E-state index in [0.29, 0.717) is 5.41 Å². The van der Waals surface area contributed by atoms with E-state index in [1.807, 2.05) is 0 Å². The summed E-state index contributed by atoms with van der Waals surface area (Å²) in [7, 11) is 0. The molecule has 0 aliphatic rings. The summed E-state index contributed by atoms with van der Waals surface area (Å²) in [6, 6.07) is 0. The molecule has 0 amide bonds. The molecular weight excluding hydrogens is 206 g/mol. The van der Waals surface area contributed by atoms with Gasteiger partial charge in [0.15, 0.2) is 0 Å². The highest BCUT2D eigenvalue weighted by atomic mass is 14.9. The molecule has 0 fully saturated rings. The van der Waals surface area contributed by atoms with Crippen molar-refractivity contribution in [1.82, 2.24) is 5.32 Å². The van der Waals surface area contributed by atoms with Crippen molar-refractivity contribution in [1.29, 1.82) is 0 Å². The van der Waals surface area contributed by atoms with Gasteiger partial charge >= 0.3 is 0 Å². The van der Waals surface area contributed by atoms with Crippen LogP contribution in [0.4, 0.5) is 0 Å². The predicted octanol–water partition coefficient (Wildman–Crippen LogP) is 5.01. The minimum atomic E-state index is 0.497. The van der Waals surface area contributed by atoms with Crippen LogP contribution in [0.2, 0.25) is 0 Å². The van der Waals surface area contributed by atoms with E-state index in [0.717, 1.165) is 5.92 Å². The molecule has 0 aliphatic heterocycles. The third-order valence-corrected chi connectivity index (χ3v) is 4.41. The molecule has 0 aromatic rings. The molecule has 0 heterocycles. The van der Waals surface area contributed by atoms with E-state index >= 15 is 0 Å². The first-order valence-electron chi connectivity index (χ1n) is 7.85. The fourth-order valence-corrected chi connectivity index (χ4v) is 2.83. The lowest BCUT2D eigenvalue weighted by Crippen LogP contribution is -2.38. The summed E-state index contributed by atoms with van der Waals surface area (Å²) in [4.78, 5) is 0. The Morgan fingerprint density at radius 2 is 1.71 bits per heavy atom. The lowest BCUT2D eigenvalue weighted by molar-refractivity contribution is 0.154. The maximum Gasteiger partial charge on any atom is 0.000771 e. The van der Waals surface area contributed by atoms with Gasteiger partial charge < -0.3 is 5.32 Å². The maximum absolute atomic E-state index is 3.68. The molecule has 0 aliphatic carbocycles. The van der Waals surface area contributed by atoms with Gasteiger partial charge in [-0.3, -0.25) is 0 Å². The summed E-state index contributed by atoms with van der Waals surface area (Å²) in [5.74, 6) is 0.885. The van der Waals surface area contributed by atoms with E-state index in [2.05, 4.69) is 39.9 Å². The van der Waals surface area contributed by atoms with Crippen LogP contribution in [-0.2, 0) is 0 Å². The molecule has 0 aromatic heterocycles. The predicted molar refractivity (Wildman–Crippen MR) is 79.5 cm³/mol. The molecule has 0 rings (SSSR count). The molecule has 0 aromatic carbocycles. The zero-order chi connectivity index (χ0) is 13.1. The van der Waals surface area contributed by atoms with Crippen LogP contribution in [0.5, 0.6) is 0 Å². The lowest BCUT2D eigenvalue weighted by atomic mass is 9.71. The van der Waals surface area contributed by atoms with Gasteiger partial charge in [0.1, 0.15) is 0 Å². The van der Waals surface area contributed by atoms with Gasteiger partial charge in [-0.25, -0.2) is 0 Å². The van der Waals surface area contributed by atoms with Crippen molar-refractivity contribution in [3.05, 3.63) is 0 Å². The average molecular weight is 241 g/mol. The standard InChI is InChI=1S/C16H35N/c1-6-10-11-13-17-14-16(5,9-4)15(8-3)12-7-2/h15,17H,6-14H2,1-5H3. The fourth-order valence-electron chi connectivity index (χ4n) is 2.83. The Labute approximate surface area is 110 Å². The van der Waals surface area contributed by atoms with E-state index in [1.165, 1.54) is 58.0 Å². The summed E-state index contributed by atoms with van der Waals surface area (Å²) >= 11 is 0. The van der Waals surface area contributed by atoms with Crippen LogP contribution < -0.4 is 5.32 Å². The van der Waals surface area contributed by atoms with Crippen molar-refractivity contribution >= 4 is 0 Å². The first-order valence-corrected chi connectivity index (χ1v) is 7.85. The molecule has 2 unspecified atom stereocenters. The van der Waals surface area contributed by atoms with Crippen molar-refractivity contribution in [3.8, 4) is 0 Å².